The van der Waals surface area contributed by atoms with Gasteiger partial charge in [0.1, 0.15) is 0 Å². The summed E-state index contributed by atoms with van der Waals surface area (Å²) in [4.78, 5) is 0. The van der Waals surface area contributed by atoms with Crippen molar-refractivity contribution in [3.05, 3.63) is 48.3 Å². The van der Waals surface area contributed by atoms with Crippen LogP contribution in [0.1, 0.15) is 0 Å². The topological polar surface area (TPSA) is 0 Å². The molecule has 1 atom stereocenters. The van der Waals surface area contributed by atoms with Gasteiger partial charge >= 0.3 is 0 Å². The minimum absolute atomic E-state index is 0.850. The van der Waals surface area contributed by atoms with Gasteiger partial charge < -0.3 is 0 Å². The van der Waals surface area contributed by atoms with Crippen LogP contribution in [0.4, 0.5) is 0 Å². The van der Waals surface area contributed by atoms with E-state index in [9.17, 15) is 0 Å². The maximum atomic E-state index is 2.36. The molecule has 1 heterocycles. The van der Waals surface area contributed by atoms with Crippen LogP contribution in [0.25, 0.3) is 32.0 Å². The zero-order valence-corrected chi connectivity index (χ0v) is 9.12. The Morgan fingerprint density at radius 1 is 0.667 bits per heavy atom. The van der Waals surface area contributed by atoms with E-state index >= 15 is 0 Å². The van der Waals surface area contributed by atoms with Gasteiger partial charge in [0.25, 0.3) is 0 Å². The number of rotatable bonds is 0. The van der Waals surface area contributed by atoms with Crippen LogP contribution in [-0.2, 0) is 0 Å². The van der Waals surface area contributed by atoms with Crippen LogP contribution < -0.4 is 0 Å². The fourth-order valence-corrected chi connectivity index (χ4v) is 3.65. The van der Waals surface area contributed by atoms with Crippen molar-refractivity contribution in [2.24, 2.45) is 0 Å². The molecule has 0 radical (unpaired) electrons. The van der Waals surface area contributed by atoms with Gasteiger partial charge in [0.2, 0.25) is 0 Å². The molecule has 0 aliphatic carbocycles. The summed E-state index contributed by atoms with van der Waals surface area (Å²) in [6.07, 6.45) is 0. The van der Waals surface area contributed by atoms with Crippen LogP contribution in [0.15, 0.2) is 48.3 Å². The molecule has 1 heteroatoms. The smallest absolute Gasteiger partial charge is 0.00136 e. The van der Waals surface area contributed by atoms with Crippen molar-refractivity contribution in [2.45, 2.75) is 0 Å². The Morgan fingerprint density at radius 3 is 2.27 bits per heavy atom. The van der Waals surface area contributed by atoms with E-state index in [0.717, 1.165) is 8.19 Å². The Balaban J connectivity index is 2.54. The van der Waals surface area contributed by atoms with Crippen molar-refractivity contribution >= 4 is 40.2 Å². The van der Waals surface area contributed by atoms with Crippen molar-refractivity contribution in [3.63, 3.8) is 0 Å². The highest BCUT2D eigenvalue weighted by molar-refractivity contribution is 7.37. The summed E-state index contributed by atoms with van der Waals surface area (Å²) in [5.41, 5.74) is 0. The highest BCUT2D eigenvalue weighted by atomic mass is 31.0. The van der Waals surface area contributed by atoms with Crippen molar-refractivity contribution in [1.82, 2.24) is 0 Å². The molecule has 0 spiro atoms. The minimum Gasteiger partial charge on any atom is -0.131 e. The lowest BCUT2D eigenvalue weighted by Crippen LogP contribution is -1.77. The molecule has 0 aliphatic heterocycles. The molecule has 0 saturated carbocycles. The number of hydrogen-bond acceptors (Lipinski definition) is 0. The molecule has 0 amide bonds. The molecule has 15 heavy (non-hydrogen) atoms. The third kappa shape index (κ3) is 0.879. The molecular weight excluding hydrogens is 199 g/mol. The van der Waals surface area contributed by atoms with Gasteiger partial charge in [0.05, 0.1) is 0 Å². The van der Waals surface area contributed by atoms with Gasteiger partial charge in [0, 0.05) is 5.39 Å². The summed E-state index contributed by atoms with van der Waals surface area (Å²) in [6, 6.07) is 15.6. The van der Waals surface area contributed by atoms with E-state index in [4.69, 9.17) is 0 Å². The van der Waals surface area contributed by atoms with Crippen LogP contribution in [0.5, 0.6) is 0 Å². The van der Waals surface area contributed by atoms with Gasteiger partial charge in [-0.15, -0.1) is 8.19 Å². The van der Waals surface area contributed by atoms with Crippen molar-refractivity contribution in [1.29, 1.82) is 0 Å². The quantitative estimate of drug-likeness (QED) is 0.395. The first-order chi connectivity index (χ1) is 7.43. The first-order valence-corrected chi connectivity index (χ1v) is 6.22. The molecule has 0 bridgehead atoms. The van der Waals surface area contributed by atoms with Crippen LogP contribution in [0.2, 0.25) is 0 Å². The van der Waals surface area contributed by atoms with Gasteiger partial charge in [-0.25, -0.2) is 0 Å². The third-order valence-electron chi connectivity index (χ3n) is 3.19. The second-order valence-electron chi connectivity index (χ2n) is 4.01. The predicted octanol–water partition coefficient (Wildman–Crippen LogP) is 4.62. The lowest BCUT2D eigenvalue weighted by molar-refractivity contribution is 1.83. The second-order valence-corrected chi connectivity index (χ2v) is 5.13. The van der Waals surface area contributed by atoms with Crippen molar-refractivity contribution in [2.75, 3.05) is 0 Å². The zero-order valence-electron chi connectivity index (χ0n) is 8.12. The molecule has 1 unspecified atom stereocenters. The predicted molar refractivity (Wildman–Crippen MR) is 69.6 cm³/mol. The van der Waals surface area contributed by atoms with Crippen LogP contribution >= 0.6 is 8.19 Å². The monoisotopic (exact) mass is 208 g/mol. The van der Waals surface area contributed by atoms with Crippen LogP contribution in [0.3, 0.4) is 0 Å². The van der Waals surface area contributed by atoms with Crippen LogP contribution in [0, 0.1) is 0 Å². The van der Waals surface area contributed by atoms with E-state index < -0.39 is 0 Å². The molecule has 3 aromatic carbocycles. The van der Waals surface area contributed by atoms with E-state index in [0.29, 0.717) is 0 Å². The highest BCUT2D eigenvalue weighted by Crippen LogP contribution is 2.39. The Morgan fingerprint density at radius 2 is 1.40 bits per heavy atom. The Bertz CT molecular complexity index is 704. The standard InChI is InChI=1S/C14H9P/c1-2-9-4-5-11-8-15-12-7-6-10(3-1)13(9)14(11)12/h1-8,15H. The summed E-state index contributed by atoms with van der Waals surface area (Å²) in [7, 11) is 0.850. The molecule has 4 aromatic rings. The van der Waals surface area contributed by atoms with Crippen molar-refractivity contribution < 1.29 is 0 Å². The van der Waals surface area contributed by atoms with Gasteiger partial charge in [-0.05, 0) is 38.5 Å². The summed E-state index contributed by atoms with van der Waals surface area (Å²) in [6.45, 7) is 0. The minimum atomic E-state index is 0.850. The SMILES string of the molecule is c1cc2ccc3c[pH]c4ccc(c1)c2c34. The Kier molecular flexibility index (Phi) is 1.31. The van der Waals surface area contributed by atoms with E-state index in [1.165, 1.54) is 32.0 Å². The fourth-order valence-electron chi connectivity index (χ4n) is 2.51. The Hall–Kier alpha value is -1.52. The molecule has 0 aliphatic rings. The molecule has 0 fully saturated rings. The first kappa shape index (κ1) is 7.73. The summed E-state index contributed by atoms with van der Waals surface area (Å²) in [5.74, 6) is 2.36. The molecule has 70 valence electrons. The average molecular weight is 208 g/mol. The lowest BCUT2D eigenvalue weighted by atomic mass is 9.99. The molecule has 0 saturated heterocycles. The van der Waals surface area contributed by atoms with E-state index in [-0.39, 0.29) is 0 Å². The summed E-state index contributed by atoms with van der Waals surface area (Å²) >= 11 is 0. The van der Waals surface area contributed by atoms with E-state index in [1.807, 2.05) is 0 Å². The summed E-state index contributed by atoms with van der Waals surface area (Å²) < 4.78 is 0. The van der Waals surface area contributed by atoms with Gasteiger partial charge in [-0.1, -0.05) is 36.4 Å². The second kappa shape index (κ2) is 2.53. The zero-order chi connectivity index (χ0) is 9.83. The molecule has 4 rings (SSSR count). The molecular formula is C14H9P. The summed E-state index contributed by atoms with van der Waals surface area (Å²) in [5, 5.41) is 8.61. The maximum absolute atomic E-state index is 2.36. The molecule has 0 N–H and O–H groups in total. The van der Waals surface area contributed by atoms with Gasteiger partial charge in [-0.3, -0.25) is 0 Å². The Labute approximate surface area is 88.9 Å². The molecule has 1 aromatic heterocycles. The van der Waals surface area contributed by atoms with E-state index in [2.05, 4.69) is 48.3 Å². The maximum Gasteiger partial charge on any atom is 0.00136 e. The van der Waals surface area contributed by atoms with Crippen LogP contribution in [-0.4, -0.2) is 0 Å². The third-order valence-corrected chi connectivity index (χ3v) is 4.38. The van der Waals surface area contributed by atoms with Gasteiger partial charge in [-0.2, -0.15) is 0 Å². The highest BCUT2D eigenvalue weighted by Gasteiger charge is 2.07. The fraction of sp³-hybridized carbons (Fsp3) is 0. The largest absolute Gasteiger partial charge is 0.131 e. The number of hydrogen-bond donors (Lipinski definition) is 0. The normalized spacial score (nSPS) is 12.5. The molecule has 0 nitrogen and oxygen atoms in total. The number of benzene rings is 3. The average Bonchev–Trinajstić information content (AvgIpc) is 2.71. The van der Waals surface area contributed by atoms with Gasteiger partial charge in [0.15, 0.2) is 0 Å². The van der Waals surface area contributed by atoms with Crippen molar-refractivity contribution in [3.8, 4) is 0 Å². The lowest BCUT2D eigenvalue weighted by Gasteiger charge is -2.05. The first-order valence-electron chi connectivity index (χ1n) is 5.14. The van der Waals surface area contributed by atoms with E-state index in [1.54, 1.807) is 0 Å².